The maximum atomic E-state index is 14.6. The molecule has 0 radical (unpaired) electrons. The topological polar surface area (TPSA) is 93.9 Å². The number of carbonyl (C=O) groups is 1. The molecule has 1 aliphatic heterocycles. The molecule has 2 atom stereocenters. The van der Waals surface area contributed by atoms with E-state index in [1.165, 1.54) is 27.9 Å². The third kappa shape index (κ3) is 6.08. The van der Waals surface area contributed by atoms with Crippen molar-refractivity contribution in [3.8, 4) is 17.3 Å². The van der Waals surface area contributed by atoms with Gasteiger partial charge in [0.1, 0.15) is 17.6 Å². The maximum absolute atomic E-state index is 14.6. The largest absolute Gasteiger partial charge is 0.467 e. The van der Waals surface area contributed by atoms with Crippen molar-refractivity contribution >= 4 is 17.6 Å². The smallest absolute Gasteiger partial charge is 0.422 e. The van der Waals surface area contributed by atoms with Crippen molar-refractivity contribution in [1.29, 1.82) is 0 Å². The summed E-state index contributed by atoms with van der Waals surface area (Å²) in [6.07, 6.45) is -2.34. The number of halogens is 4. The number of hydrogen-bond donors (Lipinski definition) is 1. The number of anilines is 1. The number of hydrogen-bond acceptors (Lipinski definition) is 7. The molecule has 3 aromatic rings. The summed E-state index contributed by atoms with van der Waals surface area (Å²) in [6.45, 7) is 3.73. The summed E-state index contributed by atoms with van der Waals surface area (Å²) in [4.78, 5) is 26.1. The van der Waals surface area contributed by atoms with Crippen molar-refractivity contribution in [3.05, 3.63) is 36.8 Å². The third-order valence-corrected chi connectivity index (χ3v) is 5.00. The second kappa shape index (κ2) is 9.19. The average molecular weight is 496 g/mol. The van der Waals surface area contributed by atoms with Crippen LogP contribution >= 0.6 is 0 Å². The molecule has 0 spiro atoms. The standard InChI is InChI=1S/C22H24F4N6O3/c1-21(2,3)35-20(33)31-9-13(23)15(10-31)30-17-6-4-5-14(29-17)16-7-27-18-8-28-19(11-32(16)18)34-12-22(24,25)26/h4-8,11,13,15H,9-10,12H2,1-3H3,(H,29,30)/t13-,15-/m0/s1. The van der Waals surface area contributed by atoms with E-state index in [0.29, 0.717) is 22.9 Å². The number of carbonyl (C=O) groups excluding carboxylic acids is 1. The lowest BCUT2D eigenvalue weighted by atomic mass is 10.2. The van der Waals surface area contributed by atoms with E-state index in [0.717, 1.165) is 0 Å². The maximum Gasteiger partial charge on any atom is 0.422 e. The summed E-state index contributed by atoms with van der Waals surface area (Å²) in [5.74, 6) is 0.135. The summed E-state index contributed by atoms with van der Waals surface area (Å²) < 4.78 is 63.6. The van der Waals surface area contributed by atoms with Crippen LogP contribution in [-0.2, 0) is 4.74 Å². The molecule has 35 heavy (non-hydrogen) atoms. The van der Waals surface area contributed by atoms with Crippen LogP contribution in [0.5, 0.6) is 5.88 Å². The van der Waals surface area contributed by atoms with Gasteiger partial charge in [-0.1, -0.05) is 6.07 Å². The first-order chi connectivity index (χ1) is 16.4. The van der Waals surface area contributed by atoms with Crippen LogP contribution in [0.3, 0.4) is 0 Å². The van der Waals surface area contributed by atoms with E-state index in [2.05, 4.69) is 20.3 Å². The van der Waals surface area contributed by atoms with Gasteiger partial charge in [-0.2, -0.15) is 13.2 Å². The molecule has 0 aliphatic carbocycles. The van der Waals surface area contributed by atoms with E-state index < -0.39 is 36.7 Å². The Balaban J connectivity index is 1.50. The van der Waals surface area contributed by atoms with Crippen molar-refractivity contribution in [2.45, 2.75) is 44.8 Å². The summed E-state index contributed by atoms with van der Waals surface area (Å²) in [5, 5.41) is 3.01. The Morgan fingerprint density at radius 2 is 1.94 bits per heavy atom. The number of nitrogens with zero attached hydrogens (tertiary/aromatic N) is 5. The van der Waals surface area contributed by atoms with Crippen LogP contribution < -0.4 is 10.1 Å². The lowest BCUT2D eigenvalue weighted by Gasteiger charge is -2.24. The van der Waals surface area contributed by atoms with E-state index >= 15 is 0 Å². The molecule has 9 nitrogen and oxygen atoms in total. The SMILES string of the molecule is CC(C)(C)OC(=O)N1C[C@H](Nc2cccc(-c3cnc4cnc(OCC(F)(F)F)cn34)n2)[C@@H](F)C1. The molecular weight excluding hydrogens is 472 g/mol. The molecule has 188 valence electrons. The van der Waals surface area contributed by atoms with Gasteiger partial charge in [0, 0.05) is 6.54 Å². The Bertz CT molecular complexity index is 1210. The van der Waals surface area contributed by atoms with E-state index in [4.69, 9.17) is 9.47 Å². The second-order valence-corrected chi connectivity index (χ2v) is 9.06. The van der Waals surface area contributed by atoms with Gasteiger partial charge in [0.15, 0.2) is 12.3 Å². The summed E-state index contributed by atoms with van der Waals surface area (Å²) >= 11 is 0. The number of ether oxygens (including phenoxy) is 2. The molecule has 1 fully saturated rings. The minimum Gasteiger partial charge on any atom is -0.467 e. The van der Waals surface area contributed by atoms with Gasteiger partial charge >= 0.3 is 12.3 Å². The number of alkyl halides is 4. The van der Waals surface area contributed by atoms with Gasteiger partial charge < -0.3 is 19.7 Å². The van der Waals surface area contributed by atoms with Crippen molar-refractivity contribution in [2.75, 3.05) is 25.0 Å². The lowest BCUT2D eigenvalue weighted by Crippen LogP contribution is -2.36. The molecule has 4 heterocycles. The number of pyridine rings is 1. The van der Waals surface area contributed by atoms with Crippen molar-refractivity contribution in [2.24, 2.45) is 0 Å². The molecule has 3 aromatic heterocycles. The van der Waals surface area contributed by atoms with Crippen LogP contribution in [0.4, 0.5) is 28.2 Å². The van der Waals surface area contributed by atoms with E-state index in [1.807, 2.05) is 0 Å². The average Bonchev–Trinajstić information content (AvgIpc) is 3.34. The molecule has 1 amide bonds. The number of likely N-dealkylation sites (tertiary alicyclic amines) is 1. The highest BCUT2D eigenvalue weighted by Crippen LogP contribution is 2.25. The number of imidazole rings is 1. The molecule has 0 aromatic carbocycles. The highest BCUT2D eigenvalue weighted by molar-refractivity contribution is 5.69. The Hall–Kier alpha value is -3.64. The number of aromatic nitrogens is 4. The van der Waals surface area contributed by atoms with E-state index in [-0.39, 0.29) is 19.0 Å². The number of rotatable bonds is 5. The number of nitrogens with one attached hydrogen (secondary N) is 1. The zero-order chi connectivity index (χ0) is 25.4. The molecule has 1 saturated heterocycles. The summed E-state index contributed by atoms with van der Waals surface area (Å²) in [7, 11) is 0. The third-order valence-electron chi connectivity index (χ3n) is 5.00. The molecule has 0 bridgehead atoms. The van der Waals surface area contributed by atoms with Crippen LogP contribution in [0, 0.1) is 0 Å². The van der Waals surface area contributed by atoms with Crippen molar-refractivity contribution in [3.63, 3.8) is 0 Å². The van der Waals surface area contributed by atoms with Gasteiger partial charge in [-0.15, -0.1) is 0 Å². The molecular formula is C22H24F4N6O3. The van der Waals surface area contributed by atoms with Gasteiger partial charge in [0.05, 0.1) is 42.6 Å². The van der Waals surface area contributed by atoms with Crippen LogP contribution in [0.15, 0.2) is 36.8 Å². The van der Waals surface area contributed by atoms with Gasteiger partial charge in [-0.05, 0) is 32.9 Å². The van der Waals surface area contributed by atoms with Crippen molar-refractivity contribution in [1.82, 2.24) is 24.3 Å². The Kier molecular flexibility index (Phi) is 6.43. The van der Waals surface area contributed by atoms with Crippen LogP contribution in [0.2, 0.25) is 0 Å². The summed E-state index contributed by atoms with van der Waals surface area (Å²) in [5.41, 5.74) is 0.604. The first kappa shape index (κ1) is 24.5. The normalized spacial score (nSPS) is 18.7. The predicted octanol–water partition coefficient (Wildman–Crippen LogP) is 4.10. The van der Waals surface area contributed by atoms with Crippen LogP contribution in [0.25, 0.3) is 17.0 Å². The Morgan fingerprint density at radius 3 is 2.66 bits per heavy atom. The molecule has 13 heteroatoms. The fourth-order valence-corrected chi connectivity index (χ4v) is 3.51. The van der Waals surface area contributed by atoms with Gasteiger partial charge in [0.25, 0.3) is 0 Å². The van der Waals surface area contributed by atoms with E-state index in [1.54, 1.807) is 39.0 Å². The number of fused-ring (bicyclic) bond motifs is 1. The van der Waals surface area contributed by atoms with Gasteiger partial charge in [-0.3, -0.25) is 4.40 Å². The molecule has 0 saturated carbocycles. The first-order valence-corrected chi connectivity index (χ1v) is 10.8. The lowest BCUT2D eigenvalue weighted by molar-refractivity contribution is -0.154. The van der Waals surface area contributed by atoms with Gasteiger partial charge in [0.2, 0.25) is 5.88 Å². The van der Waals surface area contributed by atoms with Gasteiger partial charge in [-0.25, -0.2) is 24.1 Å². The fourth-order valence-electron chi connectivity index (χ4n) is 3.51. The number of amides is 1. The predicted molar refractivity (Wildman–Crippen MR) is 118 cm³/mol. The van der Waals surface area contributed by atoms with Crippen LogP contribution in [-0.4, -0.2) is 74.0 Å². The molecule has 0 unspecified atom stereocenters. The zero-order valence-corrected chi connectivity index (χ0v) is 19.2. The highest BCUT2D eigenvalue weighted by Gasteiger charge is 2.37. The van der Waals surface area contributed by atoms with E-state index in [9.17, 15) is 22.4 Å². The first-order valence-electron chi connectivity index (χ1n) is 10.8. The summed E-state index contributed by atoms with van der Waals surface area (Å²) in [6, 6.07) is 4.33. The fraction of sp³-hybridized carbons (Fsp3) is 0.455. The minimum absolute atomic E-state index is 0.100. The molecule has 1 N–H and O–H groups in total. The Morgan fingerprint density at radius 1 is 1.17 bits per heavy atom. The second-order valence-electron chi connectivity index (χ2n) is 9.06. The zero-order valence-electron chi connectivity index (χ0n) is 19.2. The molecule has 4 rings (SSSR count). The highest BCUT2D eigenvalue weighted by atomic mass is 19.4. The van der Waals surface area contributed by atoms with Crippen LogP contribution in [0.1, 0.15) is 20.8 Å². The quantitative estimate of drug-likeness (QED) is 0.532. The minimum atomic E-state index is -4.50. The van der Waals surface area contributed by atoms with Crippen molar-refractivity contribution < 1.29 is 31.8 Å². The Labute approximate surface area is 198 Å². The molecule has 1 aliphatic rings. The monoisotopic (exact) mass is 496 g/mol.